The Hall–Kier alpha value is -6.93. The van der Waals surface area contributed by atoms with Crippen molar-refractivity contribution >= 4 is 68.9 Å². The van der Waals surface area contributed by atoms with Crippen molar-refractivity contribution in [2.45, 2.75) is 0 Å². The molecule has 0 aromatic heterocycles. The summed E-state index contributed by atoms with van der Waals surface area (Å²) in [6, 6.07) is 95.6. The molecule has 310 valence electrons. The van der Waals surface area contributed by atoms with Crippen molar-refractivity contribution in [3.05, 3.63) is 273 Å². The first-order valence-electron chi connectivity index (χ1n) is 20.3. The molecule has 0 saturated carbocycles. The van der Waals surface area contributed by atoms with E-state index in [2.05, 4.69) is 247 Å². The van der Waals surface area contributed by atoms with Gasteiger partial charge in [-0.05, 0) is 109 Å². The predicted molar refractivity (Wildman–Crippen MR) is 260 cm³/mol. The van der Waals surface area contributed by atoms with Gasteiger partial charge in [0.2, 0.25) is 0 Å². The van der Waals surface area contributed by atoms with E-state index in [0.29, 0.717) is 0 Å². The van der Waals surface area contributed by atoms with Gasteiger partial charge in [0.1, 0.15) is 62.7 Å². The molecule has 0 heterocycles. The van der Waals surface area contributed by atoms with Gasteiger partial charge in [0, 0.05) is 0 Å². The van der Waals surface area contributed by atoms with E-state index < -0.39 is 26.5 Å². The van der Waals surface area contributed by atoms with Gasteiger partial charge in [-0.15, -0.1) is 0 Å². The third-order valence-corrected chi connectivity index (χ3v) is 18.9. The standard InChI is InChI=1S/2C24H20P.C8H6O4.ClH/c2*1-5-13-21(14-6-1)25(22-15-7-2-8-16-22,23-17-9-3-10-18-23)24-19-11-4-12-20-24;9-7(10)8(11)12-6-4-2-1-3-5-6;/h2*1-20H;1-5H,(H,9,10);1H/q2*+1;;/p-2. The van der Waals surface area contributed by atoms with E-state index in [9.17, 15) is 14.7 Å². The van der Waals surface area contributed by atoms with Crippen LogP contribution >= 0.6 is 14.5 Å². The molecule has 7 heteroatoms. The van der Waals surface area contributed by atoms with Gasteiger partial charge < -0.3 is 27.0 Å². The first-order chi connectivity index (χ1) is 30.5. The van der Waals surface area contributed by atoms with Gasteiger partial charge in [0.15, 0.2) is 5.97 Å². The summed E-state index contributed by atoms with van der Waals surface area (Å²) in [4.78, 5) is 20.3. The fourth-order valence-corrected chi connectivity index (χ4v) is 16.2. The summed E-state index contributed by atoms with van der Waals surface area (Å²) in [5.41, 5.74) is 0. The number of hydrogen-bond acceptors (Lipinski definition) is 4. The highest BCUT2D eigenvalue weighted by Gasteiger charge is 2.48. The maximum atomic E-state index is 10.4. The van der Waals surface area contributed by atoms with Crippen LogP contribution in [0.15, 0.2) is 273 Å². The maximum absolute atomic E-state index is 10.4. The van der Waals surface area contributed by atoms with E-state index in [1.54, 1.807) is 18.2 Å². The fraction of sp³-hybridized carbons (Fsp3) is 0. The number of carbonyl (C=O) groups is 2. The average Bonchev–Trinajstić information content (AvgIpc) is 3.36. The molecular formula is C56H45ClO4P2. The van der Waals surface area contributed by atoms with E-state index in [4.69, 9.17) is 0 Å². The number of para-hydroxylation sites is 1. The van der Waals surface area contributed by atoms with Crippen LogP contribution in [0.25, 0.3) is 0 Å². The number of halogens is 1. The predicted octanol–water partition coefficient (Wildman–Crippen LogP) is 4.96. The molecule has 0 amide bonds. The van der Waals surface area contributed by atoms with Gasteiger partial charge in [-0.2, -0.15) is 0 Å². The first kappa shape index (κ1) is 45.6. The Morgan fingerprint density at radius 3 is 0.603 bits per heavy atom. The fourth-order valence-electron chi connectivity index (χ4n) is 7.64. The number of rotatable bonds is 9. The minimum Gasteiger partial charge on any atom is -1.00 e. The van der Waals surface area contributed by atoms with Crippen LogP contribution in [-0.2, 0) is 9.59 Å². The summed E-state index contributed by atoms with van der Waals surface area (Å²) in [7, 11) is -3.81. The Kier molecular flexibility index (Phi) is 16.5. The van der Waals surface area contributed by atoms with Crippen LogP contribution in [0.5, 0.6) is 5.75 Å². The molecule has 0 atom stereocenters. The molecule has 0 bridgehead atoms. The second-order valence-electron chi connectivity index (χ2n) is 14.0. The van der Waals surface area contributed by atoms with E-state index in [-0.39, 0.29) is 18.2 Å². The molecule has 0 fully saturated rings. The number of hydrogen-bond donors (Lipinski definition) is 0. The normalized spacial score (nSPS) is 10.6. The second kappa shape index (κ2) is 22.8. The molecule has 63 heavy (non-hydrogen) atoms. The van der Waals surface area contributed by atoms with Crippen molar-refractivity contribution in [1.82, 2.24) is 0 Å². The van der Waals surface area contributed by atoms with E-state index in [0.717, 1.165) is 0 Å². The van der Waals surface area contributed by atoms with E-state index >= 15 is 0 Å². The van der Waals surface area contributed by atoms with Gasteiger partial charge >= 0.3 is 5.97 Å². The first-order valence-corrected chi connectivity index (χ1v) is 23.8. The van der Waals surface area contributed by atoms with Gasteiger partial charge in [0.25, 0.3) is 0 Å². The third kappa shape index (κ3) is 10.6. The summed E-state index contributed by atoms with van der Waals surface area (Å²) < 4.78 is 4.37. The highest BCUT2D eigenvalue weighted by molar-refractivity contribution is 8.02. The Morgan fingerprint density at radius 2 is 0.444 bits per heavy atom. The van der Waals surface area contributed by atoms with Gasteiger partial charge in [-0.1, -0.05) is 164 Å². The van der Waals surface area contributed by atoms with Crippen LogP contribution in [0.3, 0.4) is 0 Å². The Bertz CT molecular complexity index is 2230. The monoisotopic (exact) mass is 878 g/mol. The number of carboxylic acid groups (broad SMARTS) is 1. The van der Waals surface area contributed by atoms with Crippen molar-refractivity contribution in [2.75, 3.05) is 0 Å². The minimum atomic E-state index is -1.91. The van der Waals surface area contributed by atoms with Crippen LogP contribution < -0.4 is 64.7 Å². The highest BCUT2D eigenvalue weighted by Crippen LogP contribution is 2.55. The lowest BCUT2D eigenvalue weighted by molar-refractivity contribution is -0.302. The van der Waals surface area contributed by atoms with Crippen molar-refractivity contribution in [2.24, 2.45) is 0 Å². The maximum Gasteiger partial charge on any atom is 0.359 e. The molecule has 9 aromatic carbocycles. The van der Waals surface area contributed by atoms with Crippen molar-refractivity contribution < 1.29 is 31.8 Å². The summed E-state index contributed by atoms with van der Waals surface area (Å²) in [5.74, 6) is -3.05. The van der Waals surface area contributed by atoms with Crippen LogP contribution in [-0.4, -0.2) is 11.9 Å². The van der Waals surface area contributed by atoms with Gasteiger partial charge in [-0.25, -0.2) is 4.79 Å². The Morgan fingerprint density at radius 1 is 0.286 bits per heavy atom. The lowest BCUT2D eigenvalue weighted by atomic mass is 10.3. The van der Waals surface area contributed by atoms with Crippen LogP contribution in [0.4, 0.5) is 0 Å². The Balaban J connectivity index is 0.000000166. The summed E-state index contributed by atoms with van der Waals surface area (Å²) >= 11 is 0. The van der Waals surface area contributed by atoms with E-state index in [1.165, 1.54) is 54.6 Å². The zero-order valence-corrected chi connectivity index (χ0v) is 36.9. The number of esters is 1. The largest absolute Gasteiger partial charge is 1.00 e. The molecule has 0 unspecified atom stereocenters. The minimum absolute atomic E-state index is 0. The number of benzene rings is 9. The molecule has 0 aliphatic rings. The Labute approximate surface area is 377 Å². The van der Waals surface area contributed by atoms with Crippen molar-refractivity contribution in [3.8, 4) is 5.75 Å². The number of aliphatic carboxylic acids is 1. The zero-order valence-electron chi connectivity index (χ0n) is 34.4. The van der Waals surface area contributed by atoms with E-state index in [1.807, 2.05) is 0 Å². The molecule has 4 nitrogen and oxygen atoms in total. The molecular weight excluding hydrogens is 834 g/mol. The van der Waals surface area contributed by atoms with Crippen molar-refractivity contribution in [3.63, 3.8) is 0 Å². The van der Waals surface area contributed by atoms with Crippen LogP contribution in [0, 0.1) is 0 Å². The molecule has 9 aromatic rings. The summed E-state index contributed by atoms with van der Waals surface area (Å²) in [6.45, 7) is 0. The molecule has 0 aliphatic carbocycles. The molecule has 0 N–H and O–H groups in total. The molecule has 0 radical (unpaired) electrons. The lowest BCUT2D eigenvalue weighted by Crippen LogP contribution is -3.00. The smallest absolute Gasteiger partial charge is 0.359 e. The molecule has 0 aliphatic heterocycles. The summed E-state index contributed by atoms with van der Waals surface area (Å²) in [6.07, 6.45) is 0. The zero-order chi connectivity index (χ0) is 42.9. The van der Waals surface area contributed by atoms with Gasteiger partial charge in [0.05, 0.1) is 0 Å². The number of ether oxygens (including phenoxy) is 1. The topological polar surface area (TPSA) is 66.4 Å². The molecule has 0 spiro atoms. The van der Waals surface area contributed by atoms with Gasteiger partial charge in [-0.3, -0.25) is 0 Å². The van der Waals surface area contributed by atoms with Crippen LogP contribution in [0.1, 0.15) is 0 Å². The molecule has 9 rings (SSSR count). The quantitative estimate of drug-likeness (QED) is 0.0892. The number of carbonyl (C=O) groups excluding carboxylic acids is 2. The third-order valence-electron chi connectivity index (χ3n) is 10.3. The highest BCUT2D eigenvalue weighted by atomic mass is 35.5. The average molecular weight is 879 g/mol. The van der Waals surface area contributed by atoms with Crippen LogP contribution in [0.2, 0.25) is 0 Å². The SMILES string of the molecule is O=C([O-])C(=O)Oc1ccccc1.[Cl-].c1ccc([P+](c2ccccc2)(c2ccccc2)c2ccccc2)cc1.c1ccc([P+](c2ccccc2)(c2ccccc2)c2ccccc2)cc1. The second-order valence-corrected chi connectivity index (χ2v) is 20.8. The summed E-state index contributed by atoms with van der Waals surface area (Å²) in [5, 5.41) is 21.0. The number of carboxylic acids is 1. The lowest BCUT2D eigenvalue weighted by Gasteiger charge is -2.27. The molecule has 0 saturated heterocycles. The van der Waals surface area contributed by atoms with Crippen molar-refractivity contribution in [1.29, 1.82) is 0 Å².